The second kappa shape index (κ2) is 6.67. The molecule has 1 heterocycles. The summed E-state index contributed by atoms with van der Waals surface area (Å²) in [5.41, 5.74) is 0. The Morgan fingerprint density at radius 3 is 2.60 bits per heavy atom. The van der Waals surface area contributed by atoms with Gasteiger partial charge in [0.25, 0.3) is 0 Å². The van der Waals surface area contributed by atoms with E-state index in [1.807, 2.05) is 6.92 Å². The van der Waals surface area contributed by atoms with Crippen LogP contribution < -0.4 is 5.32 Å². The highest BCUT2D eigenvalue weighted by Gasteiger charge is 2.18. The van der Waals surface area contributed by atoms with Gasteiger partial charge in [-0.25, -0.2) is 4.79 Å². The Balaban J connectivity index is 2.10. The molecule has 4 heteroatoms. The number of nitrogens with zero attached hydrogens (tertiary/aromatic N) is 1. The maximum Gasteiger partial charge on any atom is 0.407 e. The predicted octanol–water partition coefficient (Wildman–Crippen LogP) is 1.46. The molecule has 88 valence electrons. The molecule has 1 aliphatic heterocycles. The van der Waals surface area contributed by atoms with Crippen molar-refractivity contribution in [1.29, 1.82) is 0 Å². The Morgan fingerprint density at radius 1 is 1.40 bits per heavy atom. The quantitative estimate of drug-likeness (QED) is 0.770. The summed E-state index contributed by atoms with van der Waals surface area (Å²) in [4.78, 5) is 13.5. The molecule has 0 aliphatic carbocycles. The molecule has 0 aromatic heterocycles. The topological polar surface area (TPSA) is 41.6 Å². The summed E-state index contributed by atoms with van der Waals surface area (Å²) in [5.74, 6) is 0.622. The van der Waals surface area contributed by atoms with Crippen molar-refractivity contribution in [1.82, 2.24) is 10.2 Å². The first-order chi connectivity index (χ1) is 7.26. The van der Waals surface area contributed by atoms with Crippen LogP contribution in [0.1, 0.15) is 26.7 Å². The van der Waals surface area contributed by atoms with Crippen LogP contribution in [0, 0.1) is 5.92 Å². The van der Waals surface area contributed by atoms with Crippen LogP contribution in [0.15, 0.2) is 0 Å². The maximum atomic E-state index is 11.1. The monoisotopic (exact) mass is 214 g/mol. The predicted molar refractivity (Wildman–Crippen MR) is 59.9 cm³/mol. The molecule has 1 aliphatic rings. The number of piperidine rings is 1. The lowest BCUT2D eigenvalue weighted by Crippen LogP contribution is -2.38. The van der Waals surface area contributed by atoms with Gasteiger partial charge in [0.05, 0.1) is 6.61 Å². The van der Waals surface area contributed by atoms with E-state index in [1.165, 1.54) is 12.8 Å². The van der Waals surface area contributed by atoms with Crippen LogP contribution in [0.25, 0.3) is 0 Å². The smallest absolute Gasteiger partial charge is 0.407 e. The SMILES string of the molecule is CCOC(=O)NCC1CCN(CC)CC1. The first kappa shape index (κ1) is 12.3. The molecule has 1 rings (SSSR count). The number of rotatable bonds is 4. The molecule has 4 nitrogen and oxygen atoms in total. The molecule has 0 radical (unpaired) electrons. The number of hydrogen-bond acceptors (Lipinski definition) is 3. The summed E-state index contributed by atoms with van der Waals surface area (Å²) in [7, 11) is 0. The van der Waals surface area contributed by atoms with E-state index >= 15 is 0 Å². The Kier molecular flexibility index (Phi) is 5.47. The van der Waals surface area contributed by atoms with Gasteiger partial charge in [-0.05, 0) is 45.3 Å². The molecule has 0 aromatic rings. The summed E-state index contributed by atoms with van der Waals surface area (Å²) in [6.07, 6.45) is 2.08. The van der Waals surface area contributed by atoms with Crippen molar-refractivity contribution in [2.45, 2.75) is 26.7 Å². The molecule has 1 saturated heterocycles. The molecule has 1 N–H and O–H groups in total. The van der Waals surface area contributed by atoms with Gasteiger partial charge in [0.15, 0.2) is 0 Å². The normalized spacial score (nSPS) is 18.8. The fourth-order valence-corrected chi connectivity index (χ4v) is 1.92. The van der Waals surface area contributed by atoms with Crippen LogP contribution in [0.4, 0.5) is 4.79 Å². The van der Waals surface area contributed by atoms with Gasteiger partial charge in [0, 0.05) is 6.54 Å². The molecular formula is C11H22N2O2. The largest absolute Gasteiger partial charge is 0.450 e. The van der Waals surface area contributed by atoms with Gasteiger partial charge in [-0.15, -0.1) is 0 Å². The lowest BCUT2D eigenvalue weighted by molar-refractivity contribution is 0.144. The standard InChI is InChI=1S/C11H22N2O2/c1-3-13-7-5-10(6-8-13)9-12-11(14)15-4-2/h10H,3-9H2,1-2H3,(H,12,14). The number of carbonyl (C=O) groups is 1. The van der Waals surface area contributed by atoms with Crippen LogP contribution >= 0.6 is 0 Å². The number of ether oxygens (including phenoxy) is 1. The van der Waals surface area contributed by atoms with E-state index in [1.54, 1.807) is 0 Å². The number of hydrogen-bond donors (Lipinski definition) is 1. The van der Waals surface area contributed by atoms with Crippen molar-refractivity contribution in [2.75, 3.05) is 32.8 Å². The third kappa shape index (κ3) is 4.51. The molecule has 0 unspecified atom stereocenters. The van der Waals surface area contributed by atoms with Crippen LogP contribution in [0.3, 0.4) is 0 Å². The minimum atomic E-state index is -0.282. The average molecular weight is 214 g/mol. The van der Waals surface area contributed by atoms with Crippen LogP contribution in [0.2, 0.25) is 0 Å². The molecule has 0 bridgehead atoms. The Morgan fingerprint density at radius 2 is 2.07 bits per heavy atom. The summed E-state index contributed by atoms with van der Waals surface area (Å²) in [6, 6.07) is 0. The fourth-order valence-electron chi connectivity index (χ4n) is 1.92. The third-order valence-electron chi connectivity index (χ3n) is 2.96. The minimum absolute atomic E-state index is 0.282. The van der Waals surface area contributed by atoms with E-state index in [9.17, 15) is 4.79 Å². The fraction of sp³-hybridized carbons (Fsp3) is 0.909. The third-order valence-corrected chi connectivity index (χ3v) is 2.96. The van der Waals surface area contributed by atoms with Gasteiger partial charge in [-0.2, -0.15) is 0 Å². The van der Waals surface area contributed by atoms with Gasteiger partial charge in [-0.1, -0.05) is 6.92 Å². The van der Waals surface area contributed by atoms with Gasteiger partial charge < -0.3 is 15.0 Å². The van der Waals surface area contributed by atoms with Crippen LogP contribution in [-0.2, 0) is 4.74 Å². The molecule has 0 aromatic carbocycles. The minimum Gasteiger partial charge on any atom is -0.450 e. The van der Waals surface area contributed by atoms with Crippen molar-refractivity contribution in [3.63, 3.8) is 0 Å². The highest BCUT2D eigenvalue weighted by Crippen LogP contribution is 2.15. The van der Waals surface area contributed by atoms with Crippen molar-refractivity contribution in [3.8, 4) is 0 Å². The Hall–Kier alpha value is -0.770. The van der Waals surface area contributed by atoms with E-state index in [0.29, 0.717) is 12.5 Å². The lowest BCUT2D eigenvalue weighted by atomic mass is 9.97. The van der Waals surface area contributed by atoms with Crippen molar-refractivity contribution in [2.24, 2.45) is 5.92 Å². The van der Waals surface area contributed by atoms with E-state index in [0.717, 1.165) is 26.2 Å². The average Bonchev–Trinajstić information content (AvgIpc) is 2.27. The zero-order chi connectivity index (χ0) is 11.1. The number of amides is 1. The summed E-state index contributed by atoms with van der Waals surface area (Å²) in [6.45, 7) is 8.67. The first-order valence-electron chi connectivity index (χ1n) is 5.89. The molecular weight excluding hydrogens is 192 g/mol. The van der Waals surface area contributed by atoms with Gasteiger partial charge >= 0.3 is 6.09 Å². The van der Waals surface area contributed by atoms with Crippen molar-refractivity contribution < 1.29 is 9.53 Å². The second-order valence-electron chi connectivity index (χ2n) is 3.98. The zero-order valence-corrected chi connectivity index (χ0v) is 9.79. The number of nitrogens with one attached hydrogen (secondary N) is 1. The zero-order valence-electron chi connectivity index (χ0n) is 9.79. The van der Waals surface area contributed by atoms with Crippen LogP contribution in [-0.4, -0.2) is 43.8 Å². The Bertz CT molecular complexity index is 189. The lowest BCUT2D eigenvalue weighted by Gasteiger charge is -2.30. The van der Waals surface area contributed by atoms with Gasteiger partial charge in [0.2, 0.25) is 0 Å². The number of alkyl carbamates (subject to hydrolysis) is 1. The van der Waals surface area contributed by atoms with Crippen molar-refractivity contribution in [3.05, 3.63) is 0 Å². The molecule has 0 saturated carbocycles. The first-order valence-corrected chi connectivity index (χ1v) is 5.89. The molecule has 1 amide bonds. The van der Waals surface area contributed by atoms with Crippen molar-refractivity contribution >= 4 is 6.09 Å². The highest BCUT2D eigenvalue weighted by molar-refractivity contribution is 5.66. The second-order valence-corrected chi connectivity index (χ2v) is 3.98. The highest BCUT2D eigenvalue weighted by atomic mass is 16.5. The van der Waals surface area contributed by atoms with E-state index in [2.05, 4.69) is 17.1 Å². The molecule has 15 heavy (non-hydrogen) atoms. The van der Waals surface area contributed by atoms with E-state index < -0.39 is 0 Å². The summed E-state index contributed by atoms with van der Waals surface area (Å²) in [5, 5.41) is 2.81. The Labute approximate surface area is 92.0 Å². The van der Waals surface area contributed by atoms with Gasteiger partial charge in [-0.3, -0.25) is 0 Å². The maximum absolute atomic E-state index is 11.1. The number of likely N-dealkylation sites (tertiary alicyclic amines) is 1. The van der Waals surface area contributed by atoms with E-state index in [4.69, 9.17) is 4.74 Å². The molecule has 0 spiro atoms. The molecule has 0 atom stereocenters. The number of carbonyl (C=O) groups excluding carboxylic acids is 1. The van der Waals surface area contributed by atoms with E-state index in [-0.39, 0.29) is 6.09 Å². The summed E-state index contributed by atoms with van der Waals surface area (Å²) >= 11 is 0. The molecule has 1 fully saturated rings. The van der Waals surface area contributed by atoms with Crippen LogP contribution in [0.5, 0.6) is 0 Å². The van der Waals surface area contributed by atoms with Gasteiger partial charge in [0.1, 0.15) is 0 Å². The summed E-state index contributed by atoms with van der Waals surface area (Å²) < 4.78 is 4.81.